The number of para-hydroxylation sites is 1. The summed E-state index contributed by atoms with van der Waals surface area (Å²) in [6, 6.07) is 9.18. The number of aryl methyl sites for hydroxylation is 1. The SMILES string of the molecule is Cc1ccc(Cn2nc3c(=O)n([C@H]4CCCC[C@@H]4O)nc-3c3cccc(Cl)c32)cn1. The minimum absolute atomic E-state index is 0.270. The largest absolute Gasteiger partial charge is 0.391 e. The van der Waals surface area contributed by atoms with Crippen molar-refractivity contribution in [2.75, 3.05) is 0 Å². The van der Waals surface area contributed by atoms with E-state index in [9.17, 15) is 9.90 Å². The monoisotopic (exact) mass is 423 g/mol. The Morgan fingerprint density at radius 1 is 1.13 bits per heavy atom. The molecule has 3 heterocycles. The topological polar surface area (TPSA) is 85.8 Å². The lowest BCUT2D eigenvalue weighted by Crippen LogP contribution is -2.33. The van der Waals surface area contributed by atoms with Gasteiger partial charge in [-0.1, -0.05) is 42.6 Å². The van der Waals surface area contributed by atoms with Gasteiger partial charge in [0.15, 0.2) is 5.69 Å². The zero-order valence-electron chi connectivity index (χ0n) is 16.6. The molecule has 0 amide bonds. The van der Waals surface area contributed by atoms with Gasteiger partial charge in [0.05, 0.1) is 29.2 Å². The average molecular weight is 424 g/mol. The molecule has 2 aromatic rings. The number of aliphatic hydroxyl groups is 1. The molecule has 0 saturated heterocycles. The van der Waals surface area contributed by atoms with Crippen molar-refractivity contribution in [3.8, 4) is 11.4 Å². The zero-order valence-corrected chi connectivity index (χ0v) is 17.4. The Kier molecular flexibility index (Phi) is 4.79. The third-order valence-electron chi connectivity index (χ3n) is 5.88. The van der Waals surface area contributed by atoms with Gasteiger partial charge >= 0.3 is 0 Å². The van der Waals surface area contributed by atoms with Gasteiger partial charge in [-0.3, -0.25) is 14.5 Å². The number of halogens is 1. The maximum atomic E-state index is 13.2. The van der Waals surface area contributed by atoms with E-state index < -0.39 is 6.10 Å². The van der Waals surface area contributed by atoms with Gasteiger partial charge in [-0.15, -0.1) is 0 Å². The fourth-order valence-electron chi connectivity index (χ4n) is 4.30. The van der Waals surface area contributed by atoms with Crippen LogP contribution in [0.5, 0.6) is 0 Å². The first-order chi connectivity index (χ1) is 14.5. The molecule has 1 aromatic carbocycles. The molecule has 8 heteroatoms. The van der Waals surface area contributed by atoms with Crippen LogP contribution >= 0.6 is 11.6 Å². The smallest absolute Gasteiger partial charge is 0.297 e. The van der Waals surface area contributed by atoms with Crippen molar-refractivity contribution >= 4 is 22.5 Å². The molecule has 7 nitrogen and oxygen atoms in total. The zero-order chi connectivity index (χ0) is 20.8. The van der Waals surface area contributed by atoms with E-state index in [1.54, 1.807) is 16.9 Å². The molecule has 0 unspecified atom stereocenters. The van der Waals surface area contributed by atoms with E-state index >= 15 is 0 Å². The molecule has 1 saturated carbocycles. The molecule has 5 rings (SSSR count). The third-order valence-corrected chi connectivity index (χ3v) is 6.18. The van der Waals surface area contributed by atoms with Crippen LogP contribution in [0.2, 0.25) is 5.02 Å². The Morgan fingerprint density at radius 2 is 1.97 bits per heavy atom. The van der Waals surface area contributed by atoms with Crippen LogP contribution in [-0.2, 0) is 6.54 Å². The molecule has 0 bridgehead atoms. The molecule has 2 atom stereocenters. The van der Waals surface area contributed by atoms with E-state index in [2.05, 4.69) is 15.2 Å². The second-order valence-electron chi connectivity index (χ2n) is 7.97. The van der Waals surface area contributed by atoms with Gasteiger partial charge in [0, 0.05) is 17.3 Å². The first kappa shape index (κ1) is 19.2. The summed E-state index contributed by atoms with van der Waals surface area (Å²) in [7, 11) is 0. The van der Waals surface area contributed by atoms with E-state index in [4.69, 9.17) is 11.6 Å². The lowest BCUT2D eigenvalue weighted by Gasteiger charge is -2.26. The standard InChI is InChI=1S/C22H22ClN5O2/c1-13-9-10-14(11-24-13)12-27-21-15(5-4-6-16(21)23)19-20(25-27)22(30)28(26-19)17-7-2-3-8-18(17)29/h4-6,9-11,17-18,29H,2-3,7-8,12H2,1H3/t17-,18-/m0/s1. The summed E-state index contributed by atoms with van der Waals surface area (Å²) in [4.78, 5) is 17.6. The molecule has 1 N–H and O–H groups in total. The predicted molar refractivity (Wildman–Crippen MR) is 115 cm³/mol. The summed E-state index contributed by atoms with van der Waals surface area (Å²) in [6.07, 6.45) is 4.59. The second kappa shape index (κ2) is 7.49. The minimum atomic E-state index is -0.568. The number of hydrogen-bond acceptors (Lipinski definition) is 5. The molecule has 154 valence electrons. The van der Waals surface area contributed by atoms with Gasteiger partial charge in [0.25, 0.3) is 5.56 Å². The minimum Gasteiger partial charge on any atom is -0.391 e. The molecular weight excluding hydrogens is 402 g/mol. The number of benzene rings is 1. The van der Waals surface area contributed by atoms with Crippen LogP contribution in [-0.4, -0.2) is 35.8 Å². The molecule has 1 aromatic heterocycles. The highest BCUT2D eigenvalue weighted by atomic mass is 35.5. The number of pyridine rings is 1. The van der Waals surface area contributed by atoms with Gasteiger partial charge in [-0.2, -0.15) is 10.2 Å². The average Bonchev–Trinajstić information content (AvgIpc) is 3.07. The lowest BCUT2D eigenvalue weighted by molar-refractivity contribution is 0.0681. The number of aromatic nitrogens is 5. The normalized spacial score (nSPS) is 19.6. The Morgan fingerprint density at radius 3 is 2.73 bits per heavy atom. The highest BCUT2D eigenvalue weighted by Gasteiger charge is 2.31. The lowest BCUT2D eigenvalue weighted by atomic mass is 9.93. The Bertz CT molecular complexity index is 1250. The van der Waals surface area contributed by atoms with Crippen LogP contribution in [0.3, 0.4) is 0 Å². The van der Waals surface area contributed by atoms with Gasteiger partial charge in [-0.25, -0.2) is 4.68 Å². The van der Waals surface area contributed by atoms with E-state index in [1.807, 2.05) is 31.2 Å². The highest BCUT2D eigenvalue weighted by Crippen LogP contribution is 2.33. The number of nitrogens with zero attached hydrogens (tertiary/aromatic N) is 5. The first-order valence-corrected chi connectivity index (χ1v) is 10.6. The summed E-state index contributed by atoms with van der Waals surface area (Å²) in [5, 5.41) is 21.0. The molecule has 3 aliphatic rings. The maximum absolute atomic E-state index is 13.2. The van der Waals surface area contributed by atoms with Crippen LogP contribution in [0.25, 0.3) is 22.3 Å². The summed E-state index contributed by atoms with van der Waals surface area (Å²) >= 11 is 6.54. The van der Waals surface area contributed by atoms with Crippen LogP contribution in [0.1, 0.15) is 43.0 Å². The van der Waals surface area contributed by atoms with Crippen molar-refractivity contribution in [2.45, 2.75) is 51.3 Å². The van der Waals surface area contributed by atoms with Crippen LogP contribution in [0.4, 0.5) is 0 Å². The van der Waals surface area contributed by atoms with Crippen molar-refractivity contribution in [2.24, 2.45) is 0 Å². The summed E-state index contributed by atoms with van der Waals surface area (Å²) in [5.41, 5.74) is 3.16. The van der Waals surface area contributed by atoms with Crippen molar-refractivity contribution < 1.29 is 5.11 Å². The van der Waals surface area contributed by atoms with Crippen molar-refractivity contribution in [1.82, 2.24) is 24.5 Å². The molecular formula is C22H22ClN5O2. The molecule has 2 aliphatic heterocycles. The first-order valence-electron chi connectivity index (χ1n) is 10.2. The van der Waals surface area contributed by atoms with Crippen LogP contribution < -0.4 is 5.56 Å². The number of hydrogen-bond donors (Lipinski definition) is 1. The Balaban J connectivity index is 1.72. The number of rotatable bonds is 3. The van der Waals surface area contributed by atoms with Gasteiger partial charge < -0.3 is 5.11 Å². The van der Waals surface area contributed by atoms with Crippen molar-refractivity contribution in [3.63, 3.8) is 0 Å². The van der Waals surface area contributed by atoms with Gasteiger partial charge in [0.1, 0.15) is 5.69 Å². The van der Waals surface area contributed by atoms with E-state index in [0.29, 0.717) is 29.4 Å². The highest BCUT2D eigenvalue weighted by molar-refractivity contribution is 6.35. The van der Waals surface area contributed by atoms with Crippen molar-refractivity contribution in [1.29, 1.82) is 0 Å². The second-order valence-corrected chi connectivity index (χ2v) is 8.37. The summed E-state index contributed by atoms with van der Waals surface area (Å²) < 4.78 is 3.18. The molecule has 1 aliphatic carbocycles. The summed E-state index contributed by atoms with van der Waals surface area (Å²) in [5.74, 6) is 0. The van der Waals surface area contributed by atoms with Gasteiger partial charge in [0.2, 0.25) is 0 Å². The van der Waals surface area contributed by atoms with Crippen molar-refractivity contribution in [3.05, 3.63) is 63.2 Å². The van der Waals surface area contributed by atoms with Crippen LogP contribution in [0.15, 0.2) is 41.3 Å². The molecule has 0 spiro atoms. The number of fused-ring (bicyclic) bond motifs is 3. The quantitative estimate of drug-likeness (QED) is 0.544. The number of aliphatic hydroxyl groups excluding tert-OH is 1. The summed E-state index contributed by atoms with van der Waals surface area (Å²) in [6.45, 7) is 2.37. The Labute approximate surface area is 178 Å². The fourth-order valence-corrected chi connectivity index (χ4v) is 4.57. The molecule has 1 fully saturated rings. The van der Waals surface area contributed by atoms with E-state index in [1.165, 1.54) is 4.68 Å². The third kappa shape index (κ3) is 3.18. The van der Waals surface area contributed by atoms with Gasteiger partial charge in [-0.05, 0) is 37.5 Å². The van der Waals surface area contributed by atoms with E-state index in [-0.39, 0.29) is 11.6 Å². The van der Waals surface area contributed by atoms with E-state index in [0.717, 1.165) is 41.4 Å². The molecule has 0 radical (unpaired) electrons. The Hall–Kier alpha value is -2.77. The predicted octanol–water partition coefficient (Wildman–Crippen LogP) is 3.58. The maximum Gasteiger partial charge on any atom is 0.297 e. The van der Waals surface area contributed by atoms with Crippen LogP contribution in [0, 0.1) is 6.92 Å². The molecule has 30 heavy (non-hydrogen) atoms. The fraction of sp³-hybridized carbons (Fsp3) is 0.364.